The molecule has 21 heavy (non-hydrogen) atoms. The molecule has 0 radical (unpaired) electrons. The summed E-state index contributed by atoms with van der Waals surface area (Å²) in [7, 11) is 0. The minimum absolute atomic E-state index is 0.0791. The van der Waals surface area contributed by atoms with Gasteiger partial charge in [-0.3, -0.25) is 14.5 Å². The van der Waals surface area contributed by atoms with Crippen LogP contribution in [0, 0.1) is 6.92 Å². The van der Waals surface area contributed by atoms with Gasteiger partial charge in [0.15, 0.2) is 0 Å². The Morgan fingerprint density at radius 2 is 2.14 bits per heavy atom. The zero-order chi connectivity index (χ0) is 15.4. The predicted octanol–water partition coefficient (Wildman–Crippen LogP) is 1.72. The molecule has 1 aromatic carbocycles. The van der Waals surface area contributed by atoms with Crippen molar-refractivity contribution in [2.45, 2.75) is 38.8 Å². The van der Waals surface area contributed by atoms with Gasteiger partial charge in [-0.2, -0.15) is 0 Å². The van der Waals surface area contributed by atoms with E-state index in [9.17, 15) is 9.59 Å². The molecule has 1 aliphatic heterocycles. The van der Waals surface area contributed by atoms with Crippen molar-refractivity contribution >= 4 is 11.9 Å². The maximum absolute atomic E-state index is 12.1. The number of hydrogen-bond donors (Lipinski definition) is 2. The predicted molar refractivity (Wildman–Crippen MR) is 80.0 cm³/mol. The third kappa shape index (κ3) is 3.82. The maximum Gasteiger partial charge on any atom is 0.320 e. The Morgan fingerprint density at radius 3 is 2.81 bits per heavy atom. The molecule has 0 saturated carbocycles. The van der Waals surface area contributed by atoms with E-state index in [2.05, 4.69) is 5.32 Å². The van der Waals surface area contributed by atoms with E-state index >= 15 is 0 Å². The van der Waals surface area contributed by atoms with E-state index < -0.39 is 12.0 Å². The number of carbonyl (C=O) groups is 2. The molecule has 5 nitrogen and oxygen atoms in total. The van der Waals surface area contributed by atoms with E-state index in [-0.39, 0.29) is 18.5 Å². The number of aryl methyl sites for hydroxylation is 1. The Hall–Kier alpha value is -1.88. The average Bonchev–Trinajstić information content (AvgIpc) is 2.87. The summed E-state index contributed by atoms with van der Waals surface area (Å²) in [6.07, 6.45) is 1.45. The molecule has 0 spiro atoms. The van der Waals surface area contributed by atoms with Gasteiger partial charge >= 0.3 is 5.97 Å². The first-order valence-corrected chi connectivity index (χ1v) is 7.31. The minimum atomic E-state index is -0.841. The lowest BCUT2D eigenvalue weighted by atomic mass is 10.0. The van der Waals surface area contributed by atoms with Gasteiger partial charge in [0.1, 0.15) is 6.04 Å². The third-order valence-corrected chi connectivity index (χ3v) is 4.03. The molecule has 0 aliphatic carbocycles. The second-order valence-electron chi connectivity index (χ2n) is 5.61. The number of amides is 1. The summed E-state index contributed by atoms with van der Waals surface area (Å²) in [6.45, 7) is 4.77. The number of carboxylic acids is 1. The van der Waals surface area contributed by atoms with Gasteiger partial charge in [-0.15, -0.1) is 0 Å². The van der Waals surface area contributed by atoms with E-state index in [0.717, 1.165) is 17.5 Å². The van der Waals surface area contributed by atoms with Crippen LogP contribution in [0.2, 0.25) is 0 Å². The molecule has 0 aromatic heterocycles. The first-order chi connectivity index (χ1) is 9.99. The quantitative estimate of drug-likeness (QED) is 0.866. The highest BCUT2D eigenvalue weighted by Crippen LogP contribution is 2.18. The van der Waals surface area contributed by atoms with Crippen LogP contribution in [0.15, 0.2) is 24.3 Å². The average molecular weight is 290 g/mol. The first kappa shape index (κ1) is 15.5. The molecular weight excluding hydrogens is 268 g/mol. The largest absolute Gasteiger partial charge is 0.480 e. The van der Waals surface area contributed by atoms with Crippen molar-refractivity contribution in [1.82, 2.24) is 10.2 Å². The number of hydrogen-bond acceptors (Lipinski definition) is 3. The van der Waals surface area contributed by atoms with Crippen LogP contribution in [0.5, 0.6) is 0 Å². The van der Waals surface area contributed by atoms with Gasteiger partial charge in [0, 0.05) is 0 Å². The smallest absolute Gasteiger partial charge is 0.320 e. The van der Waals surface area contributed by atoms with Crippen molar-refractivity contribution in [2.75, 3.05) is 13.1 Å². The summed E-state index contributed by atoms with van der Waals surface area (Å²) < 4.78 is 0. The van der Waals surface area contributed by atoms with Crippen molar-refractivity contribution in [3.8, 4) is 0 Å². The fourth-order valence-corrected chi connectivity index (χ4v) is 2.92. The molecule has 1 saturated heterocycles. The summed E-state index contributed by atoms with van der Waals surface area (Å²) in [6, 6.07) is 7.32. The van der Waals surface area contributed by atoms with Crippen LogP contribution in [0.4, 0.5) is 0 Å². The standard InChI is InChI=1S/C16H22N2O3/c1-11-6-3-4-7-13(11)12(2)17-15(19)10-18-9-5-8-14(18)16(20)21/h3-4,6-7,12,14H,5,8-10H2,1-2H3,(H,17,19)(H,20,21). The lowest BCUT2D eigenvalue weighted by molar-refractivity contribution is -0.142. The van der Waals surface area contributed by atoms with Crippen LogP contribution < -0.4 is 5.32 Å². The van der Waals surface area contributed by atoms with Crippen LogP contribution in [0.3, 0.4) is 0 Å². The second kappa shape index (κ2) is 6.72. The number of likely N-dealkylation sites (tertiary alicyclic amines) is 1. The Bertz CT molecular complexity index is 530. The monoisotopic (exact) mass is 290 g/mol. The van der Waals surface area contributed by atoms with Gasteiger partial charge in [0.25, 0.3) is 0 Å². The van der Waals surface area contributed by atoms with Crippen molar-refractivity contribution in [3.63, 3.8) is 0 Å². The number of carboxylic acid groups (broad SMARTS) is 1. The van der Waals surface area contributed by atoms with Crippen LogP contribution >= 0.6 is 0 Å². The molecule has 5 heteroatoms. The molecule has 1 fully saturated rings. The Morgan fingerprint density at radius 1 is 1.43 bits per heavy atom. The molecule has 1 aliphatic rings. The van der Waals surface area contributed by atoms with Crippen LogP contribution in [-0.2, 0) is 9.59 Å². The van der Waals surface area contributed by atoms with Gasteiger partial charge in [-0.1, -0.05) is 24.3 Å². The molecule has 1 aromatic rings. The minimum Gasteiger partial charge on any atom is -0.480 e. The molecule has 2 rings (SSSR count). The summed E-state index contributed by atoms with van der Waals surface area (Å²) in [4.78, 5) is 25.0. The van der Waals surface area contributed by atoms with Gasteiger partial charge < -0.3 is 10.4 Å². The summed E-state index contributed by atoms with van der Waals surface area (Å²) >= 11 is 0. The van der Waals surface area contributed by atoms with E-state index in [0.29, 0.717) is 13.0 Å². The SMILES string of the molecule is Cc1ccccc1C(C)NC(=O)CN1CCCC1C(=O)O. The lowest BCUT2D eigenvalue weighted by Crippen LogP contribution is -2.43. The van der Waals surface area contributed by atoms with Crippen LogP contribution in [-0.4, -0.2) is 41.0 Å². The maximum atomic E-state index is 12.1. The van der Waals surface area contributed by atoms with E-state index in [1.165, 1.54) is 0 Å². The number of nitrogens with zero attached hydrogens (tertiary/aromatic N) is 1. The summed E-state index contributed by atoms with van der Waals surface area (Å²) in [5.41, 5.74) is 2.22. The molecule has 1 heterocycles. The summed E-state index contributed by atoms with van der Waals surface area (Å²) in [5.74, 6) is -0.967. The highest BCUT2D eigenvalue weighted by atomic mass is 16.4. The fraction of sp³-hybridized carbons (Fsp3) is 0.500. The molecular formula is C16H22N2O3. The van der Waals surface area contributed by atoms with E-state index in [1.54, 1.807) is 4.90 Å². The number of rotatable bonds is 5. The zero-order valence-electron chi connectivity index (χ0n) is 12.5. The van der Waals surface area contributed by atoms with E-state index in [4.69, 9.17) is 5.11 Å². The van der Waals surface area contributed by atoms with Crippen LogP contribution in [0.1, 0.15) is 36.9 Å². The molecule has 2 atom stereocenters. The highest BCUT2D eigenvalue weighted by molar-refractivity contribution is 5.80. The topological polar surface area (TPSA) is 69.6 Å². The lowest BCUT2D eigenvalue weighted by Gasteiger charge is -2.22. The molecule has 0 bridgehead atoms. The third-order valence-electron chi connectivity index (χ3n) is 4.03. The Kier molecular flexibility index (Phi) is 4.96. The number of nitrogens with one attached hydrogen (secondary N) is 1. The van der Waals surface area contributed by atoms with Gasteiger partial charge in [-0.05, 0) is 44.4 Å². The van der Waals surface area contributed by atoms with Gasteiger partial charge in [-0.25, -0.2) is 0 Å². The Labute approximate surface area is 125 Å². The van der Waals surface area contributed by atoms with Crippen molar-refractivity contribution in [2.24, 2.45) is 0 Å². The highest BCUT2D eigenvalue weighted by Gasteiger charge is 2.31. The van der Waals surface area contributed by atoms with Gasteiger partial charge in [0.05, 0.1) is 12.6 Å². The Balaban J connectivity index is 1.93. The summed E-state index contributed by atoms with van der Waals surface area (Å²) in [5, 5.41) is 12.1. The van der Waals surface area contributed by atoms with Crippen molar-refractivity contribution < 1.29 is 14.7 Å². The van der Waals surface area contributed by atoms with Gasteiger partial charge in [0.2, 0.25) is 5.91 Å². The molecule has 2 N–H and O–H groups in total. The molecule has 1 amide bonds. The zero-order valence-corrected chi connectivity index (χ0v) is 12.5. The normalized spacial score (nSPS) is 20.2. The van der Waals surface area contributed by atoms with Crippen molar-refractivity contribution in [1.29, 1.82) is 0 Å². The number of carbonyl (C=O) groups excluding carboxylic acids is 1. The first-order valence-electron chi connectivity index (χ1n) is 7.31. The van der Waals surface area contributed by atoms with Crippen LogP contribution in [0.25, 0.3) is 0 Å². The van der Waals surface area contributed by atoms with E-state index in [1.807, 2.05) is 38.1 Å². The second-order valence-corrected chi connectivity index (χ2v) is 5.61. The van der Waals surface area contributed by atoms with Crippen molar-refractivity contribution in [3.05, 3.63) is 35.4 Å². The number of benzene rings is 1. The number of aliphatic carboxylic acids is 1. The molecule has 114 valence electrons. The molecule has 2 unspecified atom stereocenters. The fourth-order valence-electron chi connectivity index (χ4n) is 2.92.